The van der Waals surface area contributed by atoms with E-state index in [9.17, 15) is 9.90 Å². The van der Waals surface area contributed by atoms with Crippen LogP contribution in [0.3, 0.4) is 0 Å². The molecule has 0 bridgehead atoms. The quantitative estimate of drug-likeness (QED) is 0.528. The van der Waals surface area contributed by atoms with Gasteiger partial charge in [0.1, 0.15) is 0 Å². The molecule has 0 amide bonds. The number of ether oxygens (including phenoxy) is 1. The fourth-order valence-electron chi connectivity index (χ4n) is 1.22. The summed E-state index contributed by atoms with van der Waals surface area (Å²) in [4.78, 5) is 10.9. The number of carbonyl (C=O) groups is 1. The summed E-state index contributed by atoms with van der Waals surface area (Å²) in [6.07, 6.45) is 1.96. The first-order valence-electron chi connectivity index (χ1n) is 4.06. The molecule has 11 heavy (non-hydrogen) atoms. The summed E-state index contributed by atoms with van der Waals surface area (Å²) in [5.41, 5.74) is 0. The zero-order chi connectivity index (χ0) is 8.27. The van der Waals surface area contributed by atoms with Gasteiger partial charge in [0.05, 0.1) is 6.61 Å². The lowest BCUT2D eigenvalue weighted by Gasteiger charge is -2.20. The van der Waals surface area contributed by atoms with Gasteiger partial charge in [-0.15, -0.1) is 0 Å². The molecule has 1 aliphatic heterocycles. The number of hydrogen-bond donors (Lipinski definition) is 1. The van der Waals surface area contributed by atoms with E-state index in [1.807, 2.05) is 6.92 Å². The number of aliphatic hydroxyl groups is 1. The van der Waals surface area contributed by atoms with Crippen LogP contribution in [0.2, 0.25) is 0 Å². The molecule has 1 heterocycles. The zero-order valence-electron chi connectivity index (χ0n) is 6.75. The molecule has 0 radical (unpaired) electrons. The number of rotatable bonds is 0. The van der Waals surface area contributed by atoms with Gasteiger partial charge >= 0.3 is 5.97 Å². The topological polar surface area (TPSA) is 46.5 Å². The number of carbonyl (C=O) groups excluding carboxylic acids is 1. The Bertz CT molecular complexity index is 144. The summed E-state index contributed by atoms with van der Waals surface area (Å²) >= 11 is 0. The SMILES string of the molecule is CC1CCCCOC(=O)C1O. The van der Waals surface area contributed by atoms with E-state index in [4.69, 9.17) is 4.74 Å². The zero-order valence-corrected chi connectivity index (χ0v) is 6.75. The highest BCUT2D eigenvalue weighted by Crippen LogP contribution is 2.16. The van der Waals surface area contributed by atoms with Crippen molar-refractivity contribution in [3.63, 3.8) is 0 Å². The first-order chi connectivity index (χ1) is 5.22. The molecule has 64 valence electrons. The molecule has 0 aromatic rings. The second-order valence-electron chi connectivity index (χ2n) is 3.09. The second-order valence-corrected chi connectivity index (χ2v) is 3.09. The van der Waals surface area contributed by atoms with Crippen LogP contribution in [0.4, 0.5) is 0 Å². The molecule has 3 nitrogen and oxygen atoms in total. The molecule has 0 aliphatic carbocycles. The Kier molecular flexibility index (Phi) is 2.88. The number of esters is 1. The van der Waals surface area contributed by atoms with Crippen molar-refractivity contribution >= 4 is 5.97 Å². The second kappa shape index (κ2) is 3.72. The van der Waals surface area contributed by atoms with Crippen molar-refractivity contribution in [3.05, 3.63) is 0 Å². The van der Waals surface area contributed by atoms with Gasteiger partial charge in [-0.1, -0.05) is 6.92 Å². The maximum absolute atomic E-state index is 10.9. The van der Waals surface area contributed by atoms with Crippen molar-refractivity contribution in [1.82, 2.24) is 0 Å². The van der Waals surface area contributed by atoms with E-state index in [1.165, 1.54) is 0 Å². The fourth-order valence-corrected chi connectivity index (χ4v) is 1.22. The lowest BCUT2D eigenvalue weighted by molar-refractivity contribution is -0.157. The third-order valence-electron chi connectivity index (χ3n) is 2.08. The minimum Gasteiger partial charge on any atom is -0.464 e. The molecule has 0 aromatic carbocycles. The van der Waals surface area contributed by atoms with Crippen molar-refractivity contribution in [2.45, 2.75) is 32.3 Å². The van der Waals surface area contributed by atoms with Crippen molar-refractivity contribution in [1.29, 1.82) is 0 Å². The van der Waals surface area contributed by atoms with E-state index in [0.29, 0.717) is 6.61 Å². The lowest BCUT2D eigenvalue weighted by Crippen LogP contribution is -2.31. The van der Waals surface area contributed by atoms with Crippen LogP contribution in [0.25, 0.3) is 0 Å². The molecule has 1 N–H and O–H groups in total. The fraction of sp³-hybridized carbons (Fsp3) is 0.875. The summed E-state index contributed by atoms with van der Waals surface area (Å²) in [6.45, 7) is 2.33. The van der Waals surface area contributed by atoms with Gasteiger partial charge in [-0.3, -0.25) is 0 Å². The van der Waals surface area contributed by atoms with Gasteiger partial charge < -0.3 is 9.84 Å². The Morgan fingerprint density at radius 3 is 3.00 bits per heavy atom. The molecule has 3 heteroatoms. The van der Waals surface area contributed by atoms with Gasteiger partial charge in [0.15, 0.2) is 6.10 Å². The van der Waals surface area contributed by atoms with E-state index in [0.717, 1.165) is 19.3 Å². The number of hydrogen-bond acceptors (Lipinski definition) is 3. The van der Waals surface area contributed by atoms with E-state index in [2.05, 4.69) is 0 Å². The van der Waals surface area contributed by atoms with Crippen LogP contribution in [-0.2, 0) is 9.53 Å². The summed E-state index contributed by atoms with van der Waals surface area (Å²) in [5.74, 6) is -0.417. The summed E-state index contributed by atoms with van der Waals surface area (Å²) in [7, 11) is 0. The molecule has 2 unspecified atom stereocenters. The van der Waals surface area contributed by atoms with Gasteiger partial charge in [-0.05, 0) is 25.2 Å². The molecular weight excluding hydrogens is 144 g/mol. The molecule has 0 spiro atoms. The largest absolute Gasteiger partial charge is 0.464 e. The maximum atomic E-state index is 10.9. The van der Waals surface area contributed by atoms with Crippen LogP contribution in [0, 0.1) is 5.92 Å². The van der Waals surface area contributed by atoms with Gasteiger partial charge in [0.2, 0.25) is 0 Å². The molecule has 0 saturated carbocycles. The molecule has 0 aromatic heterocycles. The number of cyclic esters (lactones) is 1. The maximum Gasteiger partial charge on any atom is 0.335 e. The van der Waals surface area contributed by atoms with Crippen LogP contribution in [0.5, 0.6) is 0 Å². The Morgan fingerprint density at radius 2 is 2.27 bits per heavy atom. The first-order valence-corrected chi connectivity index (χ1v) is 4.06. The standard InChI is InChI=1S/C8H14O3/c1-6-4-2-3-5-11-8(10)7(6)9/h6-7,9H,2-5H2,1H3. The molecule has 1 fully saturated rings. The van der Waals surface area contributed by atoms with Crippen molar-refractivity contribution in [2.75, 3.05) is 6.61 Å². The van der Waals surface area contributed by atoms with Gasteiger partial charge in [0.25, 0.3) is 0 Å². The minimum absolute atomic E-state index is 0.0443. The highest BCUT2D eigenvalue weighted by molar-refractivity contribution is 5.74. The molecule has 1 aliphatic rings. The summed E-state index contributed by atoms with van der Waals surface area (Å²) < 4.78 is 4.78. The number of aliphatic hydroxyl groups excluding tert-OH is 1. The third kappa shape index (κ3) is 2.19. The average molecular weight is 158 g/mol. The van der Waals surface area contributed by atoms with E-state index >= 15 is 0 Å². The van der Waals surface area contributed by atoms with E-state index in [1.54, 1.807) is 0 Å². The van der Waals surface area contributed by atoms with Crippen LogP contribution < -0.4 is 0 Å². The third-order valence-corrected chi connectivity index (χ3v) is 2.08. The Hall–Kier alpha value is -0.570. The van der Waals surface area contributed by atoms with E-state index < -0.39 is 12.1 Å². The molecule has 1 saturated heterocycles. The monoisotopic (exact) mass is 158 g/mol. The highest BCUT2D eigenvalue weighted by Gasteiger charge is 2.24. The van der Waals surface area contributed by atoms with Gasteiger partial charge in [0, 0.05) is 0 Å². The Labute approximate surface area is 66.4 Å². The Balaban J connectivity index is 2.49. The predicted molar refractivity (Wildman–Crippen MR) is 40.0 cm³/mol. The van der Waals surface area contributed by atoms with Crippen LogP contribution in [-0.4, -0.2) is 23.8 Å². The van der Waals surface area contributed by atoms with Crippen molar-refractivity contribution in [2.24, 2.45) is 5.92 Å². The van der Waals surface area contributed by atoms with Crippen LogP contribution in [0.1, 0.15) is 26.2 Å². The molecule has 1 rings (SSSR count). The highest BCUT2D eigenvalue weighted by atomic mass is 16.5. The smallest absolute Gasteiger partial charge is 0.335 e. The summed E-state index contributed by atoms with van der Waals surface area (Å²) in [5, 5.41) is 9.28. The van der Waals surface area contributed by atoms with E-state index in [-0.39, 0.29) is 5.92 Å². The van der Waals surface area contributed by atoms with Gasteiger partial charge in [-0.25, -0.2) is 4.79 Å². The Morgan fingerprint density at radius 1 is 1.55 bits per heavy atom. The van der Waals surface area contributed by atoms with Crippen LogP contribution in [0.15, 0.2) is 0 Å². The summed E-state index contributed by atoms with van der Waals surface area (Å²) in [6, 6.07) is 0. The molecular formula is C8H14O3. The average Bonchev–Trinajstić information content (AvgIpc) is 2.00. The lowest BCUT2D eigenvalue weighted by atomic mass is 9.97. The van der Waals surface area contributed by atoms with Crippen molar-refractivity contribution < 1.29 is 14.6 Å². The predicted octanol–water partition coefficient (Wildman–Crippen LogP) is 0.710. The molecule has 2 atom stereocenters. The van der Waals surface area contributed by atoms with Crippen LogP contribution >= 0.6 is 0 Å². The van der Waals surface area contributed by atoms with Crippen molar-refractivity contribution in [3.8, 4) is 0 Å². The first kappa shape index (κ1) is 8.53. The minimum atomic E-state index is -0.907. The van der Waals surface area contributed by atoms with Gasteiger partial charge in [-0.2, -0.15) is 0 Å². The normalized spacial score (nSPS) is 33.8.